The maximum Gasteiger partial charge on any atom is 0.315 e. The fraction of sp³-hybridized carbons (Fsp3) is 0.682. The van der Waals surface area contributed by atoms with Gasteiger partial charge in [0.15, 0.2) is 0 Å². The van der Waals surface area contributed by atoms with Gasteiger partial charge in [0.1, 0.15) is 84.3 Å². The number of carboxylic acids is 1. The Morgan fingerprint density at radius 1 is 0.451 bits per heavy atom. The number of amides is 21. The maximum absolute atomic E-state index is 14.5. The van der Waals surface area contributed by atoms with Crippen molar-refractivity contribution in [2.75, 3.05) is 105 Å². The third kappa shape index (κ3) is 50.4. The first-order valence-corrected chi connectivity index (χ1v) is 47.3. The minimum absolute atomic E-state index is 0.0218. The number of carbonyl (C=O) groups is 21. The van der Waals surface area contributed by atoms with E-state index in [0.717, 1.165) is 45.8 Å². The lowest BCUT2D eigenvalue weighted by Gasteiger charge is -2.27. The molecule has 2 saturated heterocycles. The number of aliphatic carboxylic acids is 1. The number of phenols is 1. The minimum Gasteiger partial charge on any atom is -0.508 e. The number of ether oxygens (including phenoxy) is 5. The van der Waals surface area contributed by atoms with Crippen molar-refractivity contribution in [1.29, 1.82) is 0 Å². The number of thioether (sulfide) groups is 1. The van der Waals surface area contributed by atoms with Crippen LogP contribution in [0.3, 0.4) is 0 Å². The number of hydrogen-bond donors (Lipinski definition) is 27. The molecule has 0 bridgehead atoms. The number of carbonyl (C=O) groups excluding carboxylic acids is 20. The highest BCUT2D eigenvalue weighted by Crippen LogP contribution is 2.33. The number of azide groups is 1. The number of aliphatic hydroxyl groups is 3. The van der Waals surface area contributed by atoms with Crippen molar-refractivity contribution < 1.29 is 150 Å². The first-order chi connectivity index (χ1) is 67.4. The zero-order valence-electron chi connectivity index (χ0n) is 79.9. The van der Waals surface area contributed by atoms with Crippen LogP contribution in [0.25, 0.3) is 10.4 Å². The Balaban J connectivity index is 1.64. The molecular weight excluding hydrogens is 1900 g/mol. The van der Waals surface area contributed by atoms with E-state index in [-0.39, 0.29) is 126 Å². The molecule has 2 heterocycles. The molecule has 32 N–H and O–H groups in total. The number of primary amides is 4. The van der Waals surface area contributed by atoms with E-state index in [4.69, 9.17) is 57.9 Å². The Morgan fingerprint density at radius 2 is 0.894 bits per heavy atom. The second-order valence-corrected chi connectivity index (χ2v) is 34.6. The van der Waals surface area contributed by atoms with Gasteiger partial charge in [0.2, 0.25) is 112 Å². The number of phenolic OH excluding ortho intramolecular Hbond substituents is 1. The summed E-state index contributed by atoms with van der Waals surface area (Å²) < 4.78 is 27.5. The quantitative estimate of drug-likeness (QED) is 0.00947. The lowest BCUT2D eigenvalue weighted by molar-refractivity contribution is -0.139. The Hall–Kier alpha value is -13.0. The molecule has 18 atom stereocenters. The number of nitrogens with zero attached hydrogens (tertiary/aromatic N) is 3. The molecule has 796 valence electrons. The standard InChI is InChI=1S/C85H139N25O31S/c1-45(72(90)123)96-77(128)56(22-25-68(121)122)103-83(134)70(49(5)113)108-81(132)58(41-64(89)117)104-73(124)47(3)97-76(127)52(13-9-11-28-94-110-91)99-80(131)57(40-50-16-18-51(114)19-17-50)98-67(120)42-93-75(126)54(20-23-62(87)115)101-79(130)55(21-24-63(88)116)102-78(129)53(12-8-10-27-86)100-82(133)59(43-111)105-84(135)69(48(4)112)107-74(125)46(2)95-66(119)26-30-137-32-34-139-36-38-141-39-37-140-35-33-138-31-29-92-65(118)15-7-6-14-61-71-60(44-142-61)106-85(136)109-71/h16-19,45-49,52-61,69-71,111-114H,6-15,20-44,86H2,1-5H3,(H2,87,115)(H2,88,116)(H2,89,117)(H2,90,123)(H,92,118)(H,93,126)(H,95,119)(H,96,128)(H,97,127)(H,98,120)(H,99,131)(H,100,133)(H,101,130)(H,102,129)(H,103,134)(H,104,124)(H,105,135)(H,107,125)(H,108,132)(H,121,122)(H2,106,109,136)/t45-,46+,47-,48-,49+,52+,53-,54-,55+,56+,57-,58-,59+,60+,61?,69?,70?,71+/m0/s1. The molecule has 3 rings (SSSR count). The van der Waals surface area contributed by atoms with E-state index in [1.807, 2.05) is 11.8 Å². The lowest BCUT2D eigenvalue weighted by atomic mass is 10.0. The van der Waals surface area contributed by atoms with E-state index in [1.165, 1.54) is 38.1 Å². The van der Waals surface area contributed by atoms with Crippen molar-refractivity contribution in [1.82, 2.24) is 90.4 Å². The van der Waals surface area contributed by atoms with Gasteiger partial charge >= 0.3 is 12.0 Å². The maximum atomic E-state index is 14.5. The van der Waals surface area contributed by atoms with Gasteiger partial charge < -0.3 is 168 Å². The van der Waals surface area contributed by atoms with E-state index in [0.29, 0.717) is 51.2 Å². The van der Waals surface area contributed by atoms with Crippen LogP contribution in [0, 0.1) is 0 Å². The third-order valence-electron chi connectivity index (χ3n) is 21.5. The molecule has 2 aliphatic heterocycles. The average Bonchev–Trinajstić information content (AvgIpc) is 1.66. The number of hydrogen-bond acceptors (Lipinski definition) is 33. The number of aromatic hydroxyl groups is 1. The summed E-state index contributed by atoms with van der Waals surface area (Å²) in [5.74, 6) is -21.0. The number of nitrogens with one attached hydrogen (secondary N) is 17. The molecule has 142 heavy (non-hydrogen) atoms. The van der Waals surface area contributed by atoms with Gasteiger partial charge in [-0.1, -0.05) is 30.1 Å². The lowest BCUT2D eigenvalue weighted by Crippen LogP contribution is -2.61. The van der Waals surface area contributed by atoms with Crippen LogP contribution in [0.5, 0.6) is 5.75 Å². The van der Waals surface area contributed by atoms with E-state index in [9.17, 15) is 126 Å². The van der Waals surface area contributed by atoms with Crippen LogP contribution in [0.15, 0.2) is 29.4 Å². The largest absolute Gasteiger partial charge is 0.508 e. The highest BCUT2D eigenvalue weighted by molar-refractivity contribution is 8.00. The Morgan fingerprint density at radius 3 is 1.40 bits per heavy atom. The number of nitrogens with two attached hydrogens (primary N) is 5. The molecule has 0 aliphatic carbocycles. The van der Waals surface area contributed by atoms with E-state index in [1.54, 1.807) is 0 Å². The zero-order chi connectivity index (χ0) is 106. The van der Waals surface area contributed by atoms with E-state index >= 15 is 0 Å². The molecule has 1 aromatic rings. The third-order valence-corrected chi connectivity index (χ3v) is 23.0. The summed E-state index contributed by atoms with van der Waals surface area (Å²) in [7, 11) is 0. The van der Waals surface area contributed by atoms with Crippen molar-refractivity contribution in [2.45, 2.75) is 265 Å². The summed E-state index contributed by atoms with van der Waals surface area (Å²) in [5, 5.41) is 95.8. The highest BCUT2D eigenvalue weighted by Gasteiger charge is 2.44. The minimum atomic E-state index is -2.00. The molecule has 0 saturated carbocycles. The second-order valence-electron chi connectivity index (χ2n) is 33.3. The van der Waals surface area contributed by atoms with Crippen LogP contribution in [-0.4, -0.2) is 362 Å². The fourth-order valence-corrected chi connectivity index (χ4v) is 15.2. The number of aliphatic hydroxyl groups excluding tert-OH is 3. The van der Waals surface area contributed by atoms with Crippen molar-refractivity contribution in [2.24, 2.45) is 33.8 Å². The molecule has 56 nitrogen and oxygen atoms in total. The summed E-state index contributed by atoms with van der Waals surface area (Å²) in [4.78, 5) is 280. The van der Waals surface area contributed by atoms with Crippen LogP contribution >= 0.6 is 11.8 Å². The van der Waals surface area contributed by atoms with Gasteiger partial charge in [-0.15, -0.1) is 0 Å². The summed E-state index contributed by atoms with van der Waals surface area (Å²) in [6.45, 7) is 6.05. The number of carboxylic acid groups (broad SMARTS) is 1. The molecule has 0 spiro atoms. The van der Waals surface area contributed by atoms with Gasteiger partial charge in [0, 0.05) is 67.5 Å². The fourth-order valence-electron chi connectivity index (χ4n) is 13.6. The molecule has 21 amide bonds. The number of unbranched alkanes of at least 4 members (excludes halogenated alkanes) is 3. The number of fused-ring (bicyclic) bond motifs is 1. The topological polar surface area (TPSA) is 889 Å². The van der Waals surface area contributed by atoms with Crippen molar-refractivity contribution in [3.63, 3.8) is 0 Å². The van der Waals surface area contributed by atoms with Gasteiger partial charge in [-0.05, 0) is 129 Å². The summed E-state index contributed by atoms with van der Waals surface area (Å²) in [6.07, 6.45) is -5.90. The Labute approximate surface area is 821 Å². The van der Waals surface area contributed by atoms with Gasteiger partial charge in [-0.2, -0.15) is 11.8 Å². The van der Waals surface area contributed by atoms with Gasteiger partial charge in [0.25, 0.3) is 0 Å². The molecule has 2 aliphatic rings. The normalized spacial score (nSPS) is 16.6. The SMILES string of the molecule is C[C@H](NC(=O)[C@@H](CCC(=O)O)NC(=O)C(NC(=O)[C@H](CC(N)=O)NC(=O)[C@H](C)NC(=O)[C@@H](CCCCN=[N+]=[N-])NC(=O)[C@H](Cc1ccc(O)cc1)NC(=O)CNC(=O)[C@H](CCC(N)=O)NC(=O)[C@@H](CCC(N)=O)NC(=O)[C@H](CCCCN)NC(=O)[C@@H](CO)NC(=O)C(NC(=O)[C@@H](C)NC(=O)CCOCCOCCOCCOCCOCCNC(=O)CCCCC1SC[C@H]2NC(=O)N[C@@H]12)[C@H](C)O)[C@@H](C)O)C(N)=O. The van der Waals surface area contributed by atoms with Crippen LogP contribution < -0.4 is 119 Å². The van der Waals surface area contributed by atoms with Gasteiger partial charge in [0.05, 0.1) is 110 Å². The second kappa shape index (κ2) is 68.2. The molecule has 0 radical (unpaired) electrons. The molecule has 3 unspecified atom stereocenters. The van der Waals surface area contributed by atoms with Gasteiger partial charge in [-0.3, -0.25) is 95.9 Å². The summed E-state index contributed by atoms with van der Waals surface area (Å²) in [6, 6.07) is -17.0. The van der Waals surface area contributed by atoms with Gasteiger partial charge in [-0.25, -0.2) is 4.79 Å². The van der Waals surface area contributed by atoms with Crippen molar-refractivity contribution >= 4 is 136 Å². The van der Waals surface area contributed by atoms with Crippen LogP contribution in [0.2, 0.25) is 0 Å². The Bertz CT molecular complexity index is 4390. The van der Waals surface area contributed by atoms with E-state index in [2.05, 4.69) is 100 Å². The molecule has 0 aromatic heterocycles. The van der Waals surface area contributed by atoms with Crippen LogP contribution in [0.1, 0.15) is 156 Å². The molecule has 2 fully saturated rings. The van der Waals surface area contributed by atoms with Crippen molar-refractivity contribution in [3.05, 3.63) is 40.3 Å². The van der Waals surface area contributed by atoms with E-state index < -0.39 is 268 Å². The monoisotopic (exact) mass is 2040 g/mol. The summed E-state index contributed by atoms with van der Waals surface area (Å²) in [5.41, 5.74) is 36.4. The predicted molar refractivity (Wildman–Crippen MR) is 501 cm³/mol. The van der Waals surface area contributed by atoms with Crippen LogP contribution in [-0.2, 0) is 126 Å². The summed E-state index contributed by atoms with van der Waals surface area (Å²) >= 11 is 1.84. The first-order valence-electron chi connectivity index (χ1n) is 46.2. The predicted octanol–water partition coefficient (Wildman–Crippen LogP) is -10.2. The molecule has 1 aromatic carbocycles. The molecule has 57 heteroatoms. The number of rotatable bonds is 76. The zero-order valence-corrected chi connectivity index (χ0v) is 80.8. The first kappa shape index (κ1) is 123. The highest BCUT2D eigenvalue weighted by atomic mass is 32.2. The average molecular weight is 2040 g/mol. The Kier molecular flexibility index (Phi) is 59.1. The van der Waals surface area contributed by atoms with Crippen molar-refractivity contribution in [3.8, 4) is 5.75 Å². The smallest absolute Gasteiger partial charge is 0.315 e. The van der Waals surface area contributed by atoms with Crippen LogP contribution in [0.4, 0.5) is 4.79 Å². The number of urea groups is 1. The number of benzene rings is 1. The molecular formula is C85H139N25O31S.